The van der Waals surface area contributed by atoms with Crippen molar-refractivity contribution in [3.05, 3.63) is 28.2 Å². The maximum atomic E-state index is 6.00. The summed E-state index contributed by atoms with van der Waals surface area (Å²) in [4.78, 5) is 0. The Bertz CT molecular complexity index is 356. The molecule has 2 N–H and O–H groups in total. The number of nitrogens with two attached hydrogens (primary N) is 1. The van der Waals surface area contributed by atoms with Gasteiger partial charge in [0.15, 0.2) is 0 Å². The van der Waals surface area contributed by atoms with Gasteiger partial charge >= 0.3 is 0 Å². The fourth-order valence-electron chi connectivity index (χ4n) is 1.83. The van der Waals surface area contributed by atoms with Crippen LogP contribution >= 0.6 is 23.2 Å². The fourth-order valence-corrected chi connectivity index (χ4v) is 2.28. The molecule has 0 heterocycles. The third-order valence-electron chi connectivity index (χ3n) is 2.61. The molecular formula is C11H13Cl2NO. The zero-order valence-electron chi connectivity index (χ0n) is 8.25. The SMILES string of the molecule is NC1CCC(Oc2ccc(Cl)cc2Cl)C1. The summed E-state index contributed by atoms with van der Waals surface area (Å²) in [5.41, 5.74) is 5.81. The van der Waals surface area contributed by atoms with Crippen molar-refractivity contribution in [1.82, 2.24) is 0 Å². The van der Waals surface area contributed by atoms with Crippen LogP contribution in [-0.4, -0.2) is 12.1 Å². The lowest BCUT2D eigenvalue weighted by molar-refractivity contribution is 0.208. The second-order valence-corrected chi connectivity index (χ2v) is 4.73. The van der Waals surface area contributed by atoms with Crippen LogP contribution in [0, 0.1) is 0 Å². The van der Waals surface area contributed by atoms with Crippen LogP contribution < -0.4 is 10.5 Å². The molecule has 2 rings (SSSR count). The first-order valence-electron chi connectivity index (χ1n) is 5.02. The first-order valence-corrected chi connectivity index (χ1v) is 5.78. The molecule has 2 nitrogen and oxygen atoms in total. The lowest BCUT2D eigenvalue weighted by atomic mass is 10.3. The van der Waals surface area contributed by atoms with Crippen LogP contribution in [0.5, 0.6) is 5.75 Å². The van der Waals surface area contributed by atoms with Gasteiger partial charge in [-0.15, -0.1) is 0 Å². The lowest BCUT2D eigenvalue weighted by Gasteiger charge is -2.14. The normalized spacial score (nSPS) is 25.5. The van der Waals surface area contributed by atoms with Crippen molar-refractivity contribution in [1.29, 1.82) is 0 Å². The highest BCUT2D eigenvalue weighted by molar-refractivity contribution is 6.35. The maximum Gasteiger partial charge on any atom is 0.138 e. The van der Waals surface area contributed by atoms with Gasteiger partial charge in [-0.05, 0) is 37.5 Å². The van der Waals surface area contributed by atoms with Crippen molar-refractivity contribution in [2.45, 2.75) is 31.4 Å². The van der Waals surface area contributed by atoms with E-state index in [4.69, 9.17) is 33.7 Å². The molecule has 2 unspecified atom stereocenters. The summed E-state index contributed by atoms with van der Waals surface area (Å²) in [5.74, 6) is 0.695. The zero-order chi connectivity index (χ0) is 10.8. The smallest absolute Gasteiger partial charge is 0.138 e. The Morgan fingerprint density at radius 1 is 1.27 bits per heavy atom. The van der Waals surface area contributed by atoms with Crippen LogP contribution in [0.4, 0.5) is 0 Å². The highest BCUT2D eigenvalue weighted by Gasteiger charge is 2.23. The molecule has 2 atom stereocenters. The molecule has 82 valence electrons. The van der Waals surface area contributed by atoms with E-state index in [1.54, 1.807) is 18.2 Å². The number of ether oxygens (including phenoxy) is 1. The van der Waals surface area contributed by atoms with Crippen LogP contribution in [0.1, 0.15) is 19.3 Å². The summed E-state index contributed by atoms with van der Waals surface area (Å²) < 4.78 is 5.76. The van der Waals surface area contributed by atoms with Crippen LogP contribution in [0.25, 0.3) is 0 Å². The van der Waals surface area contributed by atoms with E-state index in [-0.39, 0.29) is 12.1 Å². The highest BCUT2D eigenvalue weighted by Crippen LogP contribution is 2.31. The van der Waals surface area contributed by atoms with Gasteiger partial charge in [-0.25, -0.2) is 0 Å². The molecule has 0 radical (unpaired) electrons. The van der Waals surface area contributed by atoms with E-state index in [0.717, 1.165) is 19.3 Å². The van der Waals surface area contributed by atoms with Gasteiger partial charge in [0, 0.05) is 11.1 Å². The van der Waals surface area contributed by atoms with Gasteiger partial charge in [0.1, 0.15) is 11.9 Å². The van der Waals surface area contributed by atoms with Crippen molar-refractivity contribution >= 4 is 23.2 Å². The van der Waals surface area contributed by atoms with Gasteiger partial charge in [-0.3, -0.25) is 0 Å². The number of benzene rings is 1. The third kappa shape index (κ3) is 2.77. The minimum absolute atomic E-state index is 0.193. The number of hydrogen-bond donors (Lipinski definition) is 1. The largest absolute Gasteiger partial charge is 0.489 e. The number of hydrogen-bond acceptors (Lipinski definition) is 2. The van der Waals surface area contributed by atoms with E-state index < -0.39 is 0 Å². The van der Waals surface area contributed by atoms with Crippen molar-refractivity contribution in [3.8, 4) is 5.75 Å². The van der Waals surface area contributed by atoms with Gasteiger partial charge in [-0.1, -0.05) is 23.2 Å². The zero-order valence-corrected chi connectivity index (χ0v) is 9.76. The Morgan fingerprint density at radius 3 is 2.67 bits per heavy atom. The summed E-state index contributed by atoms with van der Waals surface area (Å²) in [7, 11) is 0. The second kappa shape index (κ2) is 4.60. The monoisotopic (exact) mass is 245 g/mol. The van der Waals surface area contributed by atoms with Crippen LogP contribution in [0.2, 0.25) is 10.0 Å². The molecule has 0 bridgehead atoms. The Balaban J connectivity index is 2.04. The molecule has 0 aliphatic heterocycles. The average Bonchev–Trinajstić information content (AvgIpc) is 2.56. The molecule has 1 saturated carbocycles. The quantitative estimate of drug-likeness (QED) is 0.869. The minimum Gasteiger partial charge on any atom is -0.489 e. The molecule has 1 aliphatic carbocycles. The van der Waals surface area contributed by atoms with Crippen molar-refractivity contribution < 1.29 is 4.74 Å². The van der Waals surface area contributed by atoms with Crippen molar-refractivity contribution in [2.24, 2.45) is 5.73 Å². The average molecular weight is 246 g/mol. The molecule has 1 aliphatic rings. The molecule has 0 aromatic heterocycles. The molecule has 0 spiro atoms. The van der Waals surface area contributed by atoms with E-state index >= 15 is 0 Å². The first-order chi connectivity index (χ1) is 7.15. The van der Waals surface area contributed by atoms with E-state index in [1.165, 1.54) is 0 Å². The standard InChI is InChI=1S/C11H13Cl2NO/c12-7-1-4-11(10(13)5-7)15-9-3-2-8(14)6-9/h1,4-5,8-9H,2-3,6,14H2. The first kappa shape index (κ1) is 11.1. The molecule has 0 amide bonds. The van der Waals surface area contributed by atoms with Crippen LogP contribution in [0.3, 0.4) is 0 Å². The van der Waals surface area contributed by atoms with Crippen LogP contribution in [0.15, 0.2) is 18.2 Å². The Labute approximate surface area is 99.3 Å². The van der Waals surface area contributed by atoms with E-state index in [1.807, 2.05) is 0 Å². The van der Waals surface area contributed by atoms with Gasteiger partial charge < -0.3 is 10.5 Å². The topological polar surface area (TPSA) is 35.2 Å². The van der Waals surface area contributed by atoms with E-state index in [0.29, 0.717) is 15.8 Å². The summed E-state index contributed by atoms with van der Waals surface area (Å²) >= 11 is 11.8. The number of halogens is 2. The summed E-state index contributed by atoms with van der Waals surface area (Å²) in [6.07, 6.45) is 3.12. The summed E-state index contributed by atoms with van der Waals surface area (Å²) in [5, 5.41) is 1.18. The molecule has 1 aromatic rings. The van der Waals surface area contributed by atoms with Gasteiger partial charge in [0.25, 0.3) is 0 Å². The minimum atomic E-state index is 0.193. The summed E-state index contributed by atoms with van der Waals surface area (Å²) in [6.45, 7) is 0. The molecule has 1 aromatic carbocycles. The Kier molecular flexibility index (Phi) is 3.39. The highest BCUT2D eigenvalue weighted by atomic mass is 35.5. The molecule has 0 saturated heterocycles. The summed E-state index contributed by atoms with van der Waals surface area (Å²) in [6, 6.07) is 5.53. The van der Waals surface area contributed by atoms with E-state index in [2.05, 4.69) is 0 Å². The van der Waals surface area contributed by atoms with Crippen LogP contribution in [-0.2, 0) is 0 Å². The van der Waals surface area contributed by atoms with Gasteiger partial charge in [-0.2, -0.15) is 0 Å². The molecule has 1 fully saturated rings. The Morgan fingerprint density at radius 2 is 2.07 bits per heavy atom. The van der Waals surface area contributed by atoms with Crippen molar-refractivity contribution in [2.75, 3.05) is 0 Å². The predicted octanol–water partition coefficient (Wildman–Crippen LogP) is 3.25. The lowest BCUT2D eigenvalue weighted by Crippen LogP contribution is -2.19. The molecule has 4 heteroatoms. The van der Waals surface area contributed by atoms with Gasteiger partial charge in [0.2, 0.25) is 0 Å². The number of rotatable bonds is 2. The second-order valence-electron chi connectivity index (χ2n) is 3.89. The van der Waals surface area contributed by atoms with Gasteiger partial charge in [0.05, 0.1) is 5.02 Å². The molecular weight excluding hydrogens is 233 g/mol. The fraction of sp³-hybridized carbons (Fsp3) is 0.455. The van der Waals surface area contributed by atoms with Crippen molar-refractivity contribution in [3.63, 3.8) is 0 Å². The van der Waals surface area contributed by atoms with E-state index in [9.17, 15) is 0 Å². The maximum absolute atomic E-state index is 6.00. The predicted molar refractivity (Wildman–Crippen MR) is 62.7 cm³/mol. The Hall–Kier alpha value is -0.440. The molecule has 15 heavy (non-hydrogen) atoms. The third-order valence-corrected chi connectivity index (χ3v) is 3.14.